The van der Waals surface area contributed by atoms with E-state index in [0.29, 0.717) is 11.3 Å². The van der Waals surface area contributed by atoms with Gasteiger partial charge in [0, 0.05) is 5.69 Å². The van der Waals surface area contributed by atoms with Gasteiger partial charge in [-0.3, -0.25) is 19.4 Å². The van der Waals surface area contributed by atoms with Crippen molar-refractivity contribution >= 4 is 5.97 Å². The Bertz CT molecular complexity index is 695. The fourth-order valence-electron chi connectivity index (χ4n) is 2.13. The van der Waals surface area contributed by atoms with E-state index >= 15 is 0 Å². The molecule has 0 fully saturated rings. The van der Waals surface area contributed by atoms with Gasteiger partial charge in [-0.2, -0.15) is 0 Å². The first-order valence-corrected chi connectivity index (χ1v) is 6.00. The van der Waals surface area contributed by atoms with Gasteiger partial charge in [0.05, 0.1) is 17.7 Å². The van der Waals surface area contributed by atoms with Crippen LogP contribution in [0.15, 0.2) is 23.0 Å². The summed E-state index contributed by atoms with van der Waals surface area (Å²) in [6.45, 7) is 5.71. The Hall–Kier alpha value is -2.30. The monoisotopic (exact) mass is 260 g/mol. The fourth-order valence-corrected chi connectivity index (χ4v) is 2.13. The molecule has 19 heavy (non-hydrogen) atoms. The van der Waals surface area contributed by atoms with Gasteiger partial charge < -0.3 is 5.11 Å². The molecule has 0 aliphatic rings. The van der Waals surface area contributed by atoms with E-state index < -0.39 is 5.97 Å². The summed E-state index contributed by atoms with van der Waals surface area (Å²) < 4.78 is 1.66. The maximum atomic E-state index is 11.8. The van der Waals surface area contributed by atoms with E-state index in [0.717, 1.165) is 16.8 Å². The predicted molar refractivity (Wildman–Crippen MR) is 71.9 cm³/mol. The molecule has 1 aromatic heterocycles. The van der Waals surface area contributed by atoms with Crippen LogP contribution in [0.3, 0.4) is 0 Å². The molecule has 2 aromatic rings. The average Bonchev–Trinajstić information content (AvgIpc) is 2.60. The van der Waals surface area contributed by atoms with Crippen molar-refractivity contribution < 1.29 is 9.90 Å². The van der Waals surface area contributed by atoms with Gasteiger partial charge in [-0.05, 0) is 38.0 Å². The second-order valence-electron chi connectivity index (χ2n) is 4.63. The predicted octanol–water partition coefficient (Wildman–Crippen LogP) is 1.72. The summed E-state index contributed by atoms with van der Waals surface area (Å²) in [7, 11) is 0. The molecular formula is C14H16N2O3. The number of hydrogen-bond acceptors (Lipinski definition) is 2. The molecule has 0 spiro atoms. The minimum absolute atomic E-state index is 0.265. The van der Waals surface area contributed by atoms with Crippen molar-refractivity contribution in [2.75, 3.05) is 0 Å². The summed E-state index contributed by atoms with van der Waals surface area (Å²) in [6, 6.07) is 5.80. The van der Waals surface area contributed by atoms with E-state index in [4.69, 9.17) is 5.11 Å². The summed E-state index contributed by atoms with van der Waals surface area (Å²) in [5.41, 5.74) is 3.63. The normalized spacial score (nSPS) is 10.7. The maximum Gasteiger partial charge on any atom is 0.308 e. The number of aromatic amines is 1. The number of nitrogens with zero attached hydrogens (tertiary/aromatic N) is 1. The average molecular weight is 260 g/mol. The van der Waals surface area contributed by atoms with E-state index in [9.17, 15) is 9.59 Å². The third kappa shape index (κ3) is 2.31. The van der Waals surface area contributed by atoms with Gasteiger partial charge in [0.1, 0.15) is 0 Å². The molecule has 0 aliphatic heterocycles. The van der Waals surface area contributed by atoms with Crippen LogP contribution in [-0.2, 0) is 11.2 Å². The lowest BCUT2D eigenvalue weighted by Crippen LogP contribution is -2.11. The van der Waals surface area contributed by atoms with Crippen molar-refractivity contribution in [1.29, 1.82) is 0 Å². The molecule has 5 heteroatoms. The molecule has 0 atom stereocenters. The molecular weight excluding hydrogens is 244 g/mol. The molecule has 2 rings (SSSR count). The first-order chi connectivity index (χ1) is 8.91. The molecule has 100 valence electrons. The number of aryl methyl sites for hydroxylation is 1. The second-order valence-corrected chi connectivity index (χ2v) is 4.63. The van der Waals surface area contributed by atoms with Crippen molar-refractivity contribution in [3.63, 3.8) is 0 Å². The van der Waals surface area contributed by atoms with E-state index in [1.165, 1.54) is 0 Å². The summed E-state index contributed by atoms with van der Waals surface area (Å²) in [5.74, 6) is -1.01. The lowest BCUT2D eigenvalue weighted by molar-refractivity contribution is -0.136. The van der Waals surface area contributed by atoms with Crippen LogP contribution in [0.2, 0.25) is 0 Å². The highest BCUT2D eigenvalue weighted by Gasteiger charge is 2.16. The zero-order valence-corrected chi connectivity index (χ0v) is 11.2. The van der Waals surface area contributed by atoms with Crippen molar-refractivity contribution in [3.8, 4) is 5.69 Å². The highest BCUT2D eigenvalue weighted by molar-refractivity contribution is 5.70. The zero-order chi connectivity index (χ0) is 14.2. The third-order valence-corrected chi connectivity index (χ3v) is 3.40. The number of carboxylic acid groups (broad SMARTS) is 1. The molecule has 0 saturated heterocycles. The first-order valence-electron chi connectivity index (χ1n) is 6.00. The molecule has 2 N–H and O–H groups in total. The number of aliphatic carboxylic acids is 1. The maximum absolute atomic E-state index is 11.8. The number of carbonyl (C=O) groups is 1. The van der Waals surface area contributed by atoms with Crippen molar-refractivity contribution in [1.82, 2.24) is 9.78 Å². The minimum atomic E-state index is -1.01. The Balaban J connectivity index is 2.61. The number of benzene rings is 1. The molecule has 0 unspecified atom stereocenters. The molecule has 1 aromatic carbocycles. The highest BCUT2D eigenvalue weighted by Crippen LogP contribution is 2.18. The van der Waals surface area contributed by atoms with Gasteiger partial charge in [0.2, 0.25) is 0 Å². The topological polar surface area (TPSA) is 75.1 Å². The Labute approximate surface area is 110 Å². The number of carboxylic acids is 1. The lowest BCUT2D eigenvalue weighted by atomic mass is 10.1. The summed E-state index contributed by atoms with van der Waals surface area (Å²) >= 11 is 0. The molecule has 5 nitrogen and oxygen atoms in total. The van der Waals surface area contributed by atoms with Crippen LogP contribution in [0.4, 0.5) is 0 Å². The van der Waals surface area contributed by atoms with Gasteiger partial charge >= 0.3 is 5.97 Å². The van der Waals surface area contributed by atoms with Crippen LogP contribution in [0.1, 0.15) is 22.4 Å². The Morgan fingerprint density at radius 2 is 2.00 bits per heavy atom. The van der Waals surface area contributed by atoms with Gasteiger partial charge in [-0.15, -0.1) is 0 Å². The summed E-state index contributed by atoms with van der Waals surface area (Å²) in [5, 5.41) is 11.5. The minimum Gasteiger partial charge on any atom is -0.481 e. The highest BCUT2D eigenvalue weighted by atomic mass is 16.4. The van der Waals surface area contributed by atoms with Gasteiger partial charge in [0.25, 0.3) is 5.56 Å². The number of aromatic nitrogens is 2. The molecule has 0 radical (unpaired) electrons. The number of nitrogens with one attached hydrogen (secondary N) is 1. The van der Waals surface area contributed by atoms with Crippen LogP contribution in [0.25, 0.3) is 5.69 Å². The van der Waals surface area contributed by atoms with Crippen molar-refractivity contribution in [2.24, 2.45) is 0 Å². The van der Waals surface area contributed by atoms with Gasteiger partial charge in [-0.1, -0.05) is 12.1 Å². The van der Waals surface area contributed by atoms with E-state index in [2.05, 4.69) is 5.10 Å². The van der Waals surface area contributed by atoms with Crippen molar-refractivity contribution in [2.45, 2.75) is 27.2 Å². The standard InChI is InChI=1S/C14H16N2O3/c1-8-5-4-6-12(9(8)2)16-10(3)11(7-13(17)18)14(19)15-16/h4-6H,7H2,1-3H3,(H,15,19)(H,17,18). The van der Waals surface area contributed by atoms with E-state index in [1.54, 1.807) is 11.6 Å². The molecule has 0 aliphatic carbocycles. The van der Waals surface area contributed by atoms with Gasteiger partial charge in [-0.25, -0.2) is 0 Å². The van der Waals surface area contributed by atoms with Gasteiger partial charge in [0.15, 0.2) is 0 Å². The molecule has 0 bridgehead atoms. The first kappa shape index (κ1) is 13.1. The van der Waals surface area contributed by atoms with E-state index in [-0.39, 0.29) is 12.0 Å². The van der Waals surface area contributed by atoms with Crippen LogP contribution in [0.5, 0.6) is 0 Å². The molecule has 0 amide bonds. The lowest BCUT2D eigenvalue weighted by Gasteiger charge is -2.11. The number of rotatable bonds is 3. The van der Waals surface area contributed by atoms with Crippen LogP contribution in [-0.4, -0.2) is 20.9 Å². The second kappa shape index (κ2) is 4.76. The van der Waals surface area contributed by atoms with Crippen LogP contribution >= 0.6 is 0 Å². The Morgan fingerprint density at radius 1 is 1.32 bits per heavy atom. The quantitative estimate of drug-likeness (QED) is 0.882. The third-order valence-electron chi connectivity index (χ3n) is 3.40. The number of H-pyrrole nitrogens is 1. The smallest absolute Gasteiger partial charge is 0.308 e. The van der Waals surface area contributed by atoms with E-state index in [1.807, 2.05) is 32.0 Å². The Kier molecular flexibility index (Phi) is 3.29. The SMILES string of the molecule is Cc1cccc(-n2[nH]c(=O)c(CC(=O)O)c2C)c1C. The summed E-state index contributed by atoms with van der Waals surface area (Å²) in [6.07, 6.45) is -0.265. The zero-order valence-electron chi connectivity index (χ0n) is 11.2. The largest absolute Gasteiger partial charge is 0.481 e. The fraction of sp³-hybridized carbons (Fsp3) is 0.286. The molecule has 1 heterocycles. The molecule has 0 saturated carbocycles. The summed E-state index contributed by atoms with van der Waals surface area (Å²) in [4.78, 5) is 22.6. The van der Waals surface area contributed by atoms with Crippen molar-refractivity contribution in [3.05, 3.63) is 50.9 Å². The Morgan fingerprint density at radius 3 is 2.63 bits per heavy atom. The van der Waals surface area contributed by atoms with Crippen LogP contribution in [0, 0.1) is 20.8 Å². The van der Waals surface area contributed by atoms with Crippen LogP contribution < -0.4 is 5.56 Å². The number of hydrogen-bond donors (Lipinski definition) is 2.